The van der Waals surface area contributed by atoms with Crippen LogP contribution in [0.3, 0.4) is 0 Å². The fraction of sp³-hybridized carbons (Fsp3) is 0.480. The maximum atomic E-state index is 13.4. The summed E-state index contributed by atoms with van der Waals surface area (Å²) < 4.78 is 27.2. The van der Waals surface area contributed by atoms with E-state index in [0.29, 0.717) is 11.3 Å². The Balaban J connectivity index is 0.00000126. The number of ketones is 2. The maximum Gasteiger partial charge on any atom is 0.350 e. The average molecular weight is 762 g/mol. The van der Waals surface area contributed by atoms with Gasteiger partial charge >= 0.3 is 18.0 Å². The Bertz CT molecular complexity index is 1740. The second-order valence-corrected chi connectivity index (χ2v) is 13.5. The molecule has 4 rings (SSSR count). The van der Waals surface area contributed by atoms with Crippen LogP contribution in [0.1, 0.15) is 26.1 Å². The molecule has 4 atom stereocenters. The molecule has 274 valence electrons. The number of urea groups is 1. The number of aliphatic carboxylic acids is 2. The van der Waals surface area contributed by atoms with E-state index in [4.69, 9.17) is 36.1 Å². The molecule has 3 heterocycles. The highest BCUT2D eigenvalue weighted by molar-refractivity contribution is 8.00. The fourth-order valence-corrected chi connectivity index (χ4v) is 6.77. The minimum absolute atomic E-state index is 0.0324. The molecule has 3 unspecified atom stereocenters. The van der Waals surface area contributed by atoms with Crippen LogP contribution in [0.15, 0.2) is 22.5 Å². The number of hydrogen-bond donors (Lipinski definition) is 7. The first-order chi connectivity index (χ1) is 23.4. The molecular formula is C25H33N10O12S3-. The Morgan fingerprint density at radius 1 is 1.28 bits per heavy atom. The zero-order valence-electron chi connectivity index (χ0n) is 26.5. The third kappa shape index (κ3) is 9.37. The van der Waals surface area contributed by atoms with Crippen molar-refractivity contribution >= 4 is 86.5 Å². The molecule has 0 spiro atoms. The van der Waals surface area contributed by atoms with Crippen LogP contribution in [-0.4, -0.2) is 98.0 Å². The SMILES string of the molecule is Cn1c(N)c(NC(=O)NCCN)c[n+]1CC1=C(C(=O)O)C2C(=O)C(CC(=O)/C(=N\OC(C)(C)C(=O)O)c3nsc(N)n3)[C@H]2SC1.O=S([O-])O[O-]. The molecule has 2 aliphatic rings. The van der Waals surface area contributed by atoms with E-state index in [9.17, 15) is 34.2 Å². The third-order valence-corrected chi connectivity index (χ3v) is 9.50. The highest BCUT2D eigenvalue weighted by Gasteiger charge is 2.56. The number of carbonyl (C=O) groups excluding carboxylic acids is 3. The number of nitrogens with zero attached hydrogens (tertiary/aromatic N) is 5. The molecule has 22 nitrogen and oxygen atoms in total. The van der Waals surface area contributed by atoms with Gasteiger partial charge < -0.3 is 51.7 Å². The standard InChI is InChI=1S/C25H32N10O8S2.H2O4S/c1-25(2,22(40)41)43-32-16(20-31-23(28)45-33-20)13(36)6-11-17(37)15-14(21(38)39)10(9-44-18(11)15)7-35-8-12(19(27)34(35)3)30-24(42)29-5-4-26;1-4-5(2)3/h8,11,15,18,27H,4-7,9,26H2,1-3H3,(H6,28,29,30,31,33,38,39,40,41,42);1H,(H,2,3)/p-1/b32-16+;/t11?,15?,18-;/m1./s1. The number of carboxylic acid groups (broad SMARTS) is 2. The van der Waals surface area contributed by atoms with Gasteiger partial charge in [0, 0.05) is 53.5 Å². The monoisotopic (exact) mass is 761 g/mol. The van der Waals surface area contributed by atoms with E-state index < -0.39 is 69.3 Å². The Hall–Kier alpha value is -4.53. The summed E-state index contributed by atoms with van der Waals surface area (Å²) in [6, 6.07) is -0.508. The van der Waals surface area contributed by atoms with Gasteiger partial charge in [-0.2, -0.15) is 21.1 Å². The average Bonchev–Trinajstić information content (AvgIpc) is 3.60. The summed E-state index contributed by atoms with van der Waals surface area (Å²) in [5.41, 5.74) is 15.7. The summed E-state index contributed by atoms with van der Waals surface area (Å²) in [7, 11) is 1.64. The second-order valence-electron chi connectivity index (χ2n) is 11.0. The lowest BCUT2D eigenvalue weighted by molar-refractivity contribution is -0.765. The van der Waals surface area contributed by atoms with Crippen LogP contribution in [0.5, 0.6) is 0 Å². The van der Waals surface area contributed by atoms with Gasteiger partial charge in [-0.3, -0.25) is 14.9 Å². The van der Waals surface area contributed by atoms with Crippen molar-refractivity contribution < 1.29 is 62.1 Å². The van der Waals surface area contributed by atoms with Crippen molar-refractivity contribution in [2.24, 2.45) is 29.8 Å². The predicted octanol–water partition coefficient (Wildman–Crippen LogP) is -2.96. The number of amides is 2. The highest BCUT2D eigenvalue weighted by Crippen LogP contribution is 2.50. The minimum Gasteiger partial charge on any atom is -0.750 e. The van der Waals surface area contributed by atoms with Crippen molar-refractivity contribution in [3.63, 3.8) is 0 Å². The van der Waals surface area contributed by atoms with E-state index in [1.54, 1.807) is 22.6 Å². The minimum atomic E-state index is -2.88. The number of carboxylic acids is 2. The molecule has 1 fully saturated rings. The largest absolute Gasteiger partial charge is 0.750 e. The van der Waals surface area contributed by atoms with E-state index in [0.717, 1.165) is 11.5 Å². The number of nitrogen functional groups attached to an aromatic ring is 2. The first-order valence-electron chi connectivity index (χ1n) is 14.2. The van der Waals surface area contributed by atoms with Crippen molar-refractivity contribution in [1.82, 2.24) is 19.4 Å². The second kappa shape index (κ2) is 16.9. The van der Waals surface area contributed by atoms with Crippen LogP contribution < -0.4 is 37.8 Å². The first-order valence-corrected chi connectivity index (χ1v) is 17.0. The number of anilines is 3. The lowest BCUT2D eigenvalue weighted by Gasteiger charge is -2.45. The van der Waals surface area contributed by atoms with E-state index in [2.05, 4.69) is 29.5 Å². The van der Waals surface area contributed by atoms with Crippen molar-refractivity contribution in [3.05, 3.63) is 23.2 Å². The molecule has 25 heteroatoms. The molecule has 2 amide bonds. The summed E-state index contributed by atoms with van der Waals surface area (Å²) in [6.45, 7) is 3.06. The van der Waals surface area contributed by atoms with Gasteiger partial charge in [0.05, 0.1) is 29.9 Å². The van der Waals surface area contributed by atoms with Gasteiger partial charge in [0.15, 0.2) is 34.7 Å². The summed E-state index contributed by atoms with van der Waals surface area (Å²) in [4.78, 5) is 71.8. The Morgan fingerprint density at radius 2 is 1.94 bits per heavy atom. The van der Waals surface area contributed by atoms with Crippen LogP contribution in [0.25, 0.3) is 0 Å². The molecule has 1 saturated carbocycles. The van der Waals surface area contributed by atoms with Crippen LogP contribution in [0.4, 0.5) is 21.4 Å². The quantitative estimate of drug-likeness (QED) is 0.0332. The maximum absolute atomic E-state index is 13.4. The lowest BCUT2D eigenvalue weighted by Crippen LogP contribution is -2.56. The van der Waals surface area contributed by atoms with Gasteiger partial charge in [0.2, 0.25) is 17.6 Å². The van der Waals surface area contributed by atoms with Crippen molar-refractivity contribution in [2.75, 3.05) is 35.6 Å². The number of rotatable bonds is 14. The third-order valence-electron chi connectivity index (χ3n) is 7.35. The molecule has 1 aliphatic heterocycles. The molecule has 0 radical (unpaired) electrons. The molecule has 1 aliphatic carbocycles. The molecule has 2 aromatic heterocycles. The molecule has 0 aromatic carbocycles. The predicted molar refractivity (Wildman–Crippen MR) is 172 cm³/mol. The Kier molecular flexibility index (Phi) is 13.5. The molecule has 0 saturated heterocycles. The first kappa shape index (κ1) is 39.9. The number of carbonyl (C=O) groups is 5. The van der Waals surface area contributed by atoms with Crippen molar-refractivity contribution in [3.8, 4) is 0 Å². The zero-order chi connectivity index (χ0) is 37.5. The fourth-order valence-electron chi connectivity index (χ4n) is 4.77. The van der Waals surface area contributed by atoms with Gasteiger partial charge in [0.1, 0.15) is 5.78 Å². The molecule has 0 bridgehead atoms. The summed E-state index contributed by atoms with van der Waals surface area (Å²) in [5.74, 6) is -5.21. The van der Waals surface area contributed by atoms with E-state index >= 15 is 0 Å². The van der Waals surface area contributed by atoms with Gasteiger partial charge in [-0.05, 0) is 13.8 Å². The summed E-state index contributed by atoms with van der Waals surface area (Å²) >= 11 is -0.741. The van der Waals surface area contributed by atoms with Gasteiger partial charge in [-0.1, -0.05) is 5.16 Å². The Morgan fingerprint density at radius 3 is 2.48 bits per heavy atom. The van der Waals surface area contributed by atoms with Crippen molar-refractivity contribution in [1.29, 1.82) is 0 Å². The summed E-state index contributed by atoms with van der Waals surface area (Å²) in [6.07, 6.45) is 1.20. The molecule has 50 heavy (non-hydrogen) atoms. The number of aromatic nitrogens is 4. The highest BCUT2D eigenvalue weighted by atomic mass is 32.2. The number of oxime groups is 1. The number of fused-ring (bicyclic) bond motifs is 1. The topological polar surface area (TPSA) is 357 Å². The van der Waals surface area contributed by atoms with Crippen LogP contribution in [0.2, 0.25) is 0 Å². The number of nitrogens with one attached hydrogen (secondary N) is 2. The molecule has 10 N–H and O–H groups in total. The smallest absolute Gasteiger partial charge is 0.350 e. The Labute approximate surface area is 293 Å². The van der Waals surface area contributed by atoms with Crippen LogP contribution >= 0.6 is 23.3 Å². The lowest BCUT2D eigenvalue weighted by atomic mass is 9.66. The van der Waals surface area contributed by atoms with E-state index in [-0.39, 0.29) is 54.2 Å². The number of hydrogen-bond acceptors (Lipinski definition) is 18. The molecule has 2 aromatic rings. The van der Waals surface area contributed by atoms with Crippen LogP contribution in [-0.2, 0) is 53.3 Å². The summed E-state index contributed by atoms with van der Waals surface area (Å²) in [5, 5.41) is 36.4. The van der Waals surface area contributed by atoms with Gasteiger partial charge in [0.25, 0.3) is 0 Å². The van der Waals surface area contributed by atoms with Gasteiger partial charge in [-0.25, -0.2) is 18.6 Å². The number of nitrogens with two attached hydrogens (primary N) is 3. The number of thioether (sulfide) groups is 1. The van der Waals surface area contributed by atoms with Crippen LogP contribution in [0, 0.1) is 11.8 Å². The zero-order valence-corrected chi connectivity index (χ0v) is 29.0. The van der Waals surface area contributed by atoms with E-state index in [1.807, 2.05) is 0 Å². The van der Waals surface area contributed by atoms with Crippen molar-refractivity contribution in [2.45, 2.75) is 37.7 Å². The molecular weight excluding hydrogens is 729 g/mol. The van der Waals surface area contributed by atoms with E-state index in [1.165, 1.54) is 25.6 Å². The normalized spacial score (nSPS) is 19.4. The number of Topliss-reactive ketones (excluding diaryl/α,β-unsaturated/α-hetero) is 2. The van der Waals surface area contributed by atoms with Gasteiger partial charge in [-0.15, -0.1) is 9.36 Å².